The fourth-order valence-electron chi connectivity index (χ4n) is 9.59. The van der Waals surface area contributed by atoms with E-state index < -0.39 is 6.10 Å². The maximum atomic E-state index is 12.9. The summed E-state index contributed by atoms with van der Waals surface area (Å²) in [5, 5.41) is 0. The number of unbranched alkanes of at least 4 members (excludes halogenated alkanes) is 33. The van der Waals surface area contributed by atoms with Crippen molar-refractivity contribution in [2.45, 2.75) is 335 Å². The highest BCUT2D eigenvalue weighted by Gasteiger charge is 2.19. The van der Waals surface area contributed by atoms with Gasteiger partial charge >= 0.3 is 17.9 Å². The van der Waals surface area contributed by atoms with Crippen LogP contribution >= 0.6 is 0 Å². The summed E-state index contributed by atoms with van der Waals surface area (Å²) < 4.78 is 16.9. The van der Waals surface area contributed by atoms with Crippen LogP contribution in [0.5, 0.6) is 0 Å². The molecule has 81 heavy (non-hydrogen) atoms. The Morgan fingerprint density at radius 2 is 0.481 bits per heavy atom. The first-order valence-electron chi connectivity index (χ1n) is 34.4. The maximum absolute atomic E-state index is 12.9. The second kappa shape index (κ2) is 68.6. The van der Waals surface area contributed by atoms with Crippen LogP contribution in [-0.4, -0.2) is 37.2 Å². The number of hydrogen-bond donors (Lipinski definition) is 0. The third-order valence-corrected chi connectivity index (χ3v) is 14.7. The number of carbonyl (C=O) groups is 3. The summed E-state index contributed by atoms with van der Waals surface area (Å²) in [6.45, 7) is 6.51. The van der Waals surface area contributed by atoms with Crippen LogP contribution in [0, 0.1) is 0 Å². The van der Waals surface area contributed by atoms with Gasteiger partial charge in [-0.05, 0) is 128 Å². The molecule has 0 aromatic heterocycles. The second-order valence-electron chi connectivity index (χ2n) is 22.7. The first kappa shape index (κ1) is 77.1. The van der Waals surface area contributed by atoms with Gasteiger partial charge in [-0.1, -0.05) is 291 Å². The van der Waals surface area contributed by atoms with Gasteiger partial charge in [-0.3, -0.25) is 14.4 Å². The molecule has 0 saturated carbocycles. The first-order valence-corrected chi connectivity index (χ1v) is 34.4. The Hall–Kier alpha value is -3.93. The average Bonchev–Trinajstić information content (AvgIpc) is 3.47. The van der Waals surface area contributed by atoms with Gasteiger partial charge in [-0.15, -0.1) is 0 Å². The van der Waals surface area contributed by atoms with E-state index in [-0.39, 0.29) is 31.1 Å². The van der Waals surface area contributed by atoms with Crippen LogP contribution in [0.2, 0.25) is 0 Å². The van der Waals surface area contributed by atoms with Crippen molar-refractivity contribution in [2.75, 3.05) is 13.2 Å². The molecule has 0 aromatic carbocycles. The lowest BCUT2D eigenvalue weighted by molar-refractivity contribution is -0.167. The molecular formula is C75H128O6. The molecule has 0 heterocycles. The molecule has 0 N–H and O–H groups in total. The first-order chi connectivity index (χ1) is 40.0. The maximum Gasteiger partial charge on any atom is 0.306 e. The highest BCUT2D eigenvalue weighted by Crippen LogP contribution is 2.16. The lowest BCUT2D eigenvalue weighted by atomic mass is 10.0. The van der Waals surface area contributed by atoms with E-state index in [4.69, 9.17) is 14.2 Å². The largest absolute Gasteiger partial charge is 0.462 e. The molecule has 0 radical (unpaired) electrons. The van der Waals surface area contributed by atoms with E-state index in [1.54, 1.807) is 0 Å². The molecule has 0 bridgehead atoms. The van der Waals surface area contributed by atoms with Crippen LogP contribution in [0.15, 0.2) is 109 Å². The SMILES string of the molecule is CC/C=C\C/C=C\C/C=C\C/C=C\C/C=C\C/C=C\CCCCCCCCCCCCCCCCC(=O)OCC(COC(=O)CCCCCCC/C=C\CCCCCCC)OC(=O)CCCCCCC/C=C\C/C=C\CCCCCC. The van der Waals surface area contributed by atoms with E-state index in [9.17, 15) is 14.4 Å². The standard InChI is InChI=1S/C75H128O6/c1-4-7-10-13-16-19-22-25-28-30-31-32-33-34-35-36-37-38-39-40-41-42-43-44-45-46-48-50-53-56-59-62-65-68-74(77)80-71-72(70-79-73(76)67-64-61-58-55-52-49-27-24-21-18-15-12-9-6-3)81-75(78)69-66-63-60-57-54-51-47-29-26-23-20-17-14-11-8-5-2/h7,10,16,19-20,23-25,27-29,31-32,34-35,37-38,47,72H,4-6,8-9,11-15,17-18,21-22,26,30,33,36,39-46,48-71H2,1-3H3/b10-7-,19-16-,23-20-,27-24-,28-25-,32-31-,35-34-,38-37-,47-29-. The molecule has 6 nitrogen and oxygen atoms in total. The number of hydrogen-bond acceptors (Lipinski definition) is 6. The molecule has 0 aromatic rings. The van der Waals surface area contributed by atoms with E-state index in [0.717, 1.165) is 128 Å². The lowest BCUT2D eigenvalue weighted by Gasteiger charge is -2.18. The van der Waals surface area contributed by atoms with E-state index in [1.807, 2.05) is 0 Å². The molecule has 0 aliphatic rings. The Balaban J connectivity index is 4.22. The topological polar surface area (TPSA) is 78.9 Å². The number of allylic oxidation sites excluding steroid dienone is 18. The fraction of sp³-hybridized carbons (Fsp3) is 0.720. The van der Waals surface area contributed by atoms with Crippen molar-refractivity contribution in [1.82, 2.24) is 0 Å². The minimum atomic E-state index is -0.790. The monoisotopic (exact) mass is 1120 g/mol. The number of ether oxygens (including phenoxy) is 3. The van der Waals surface area contributed by atoms with Crippen molar-refractivity contribution in [3.63, 3.8) is 0 Å². The van der Waals surface area contributed by atoms with Crippen LogP contribution in [0.25, 0.3) is 0 Å². The van der Waals surface area contributed by atoms with Gasteiger partial charge in [-0.2, -0.15) is 0 Å². The number of carbonyl (C=O) groups excluding carboxylic acids is 3. The lowest BCUT2D eigenvalue weighted by Crippen LogP contribution is -2.30. The molecule has 6 heteroatoms. The predicted molar refractivity (Wildman–Crippen MR) is 353 cm³/mol. The smallest absolute Gasteiger partial charge is 0.306 e. The molecule has 1 unspecified atom stereocenters. The quantitative estimate of drug-likeness (QED) is 0.0261. The van der Waals surface area contributed by atoms with Crippen molar-refractivity contribution in [3.05, 3.63) is 109 Å². The third kappa shape index (κ3) is 66.8. The molecule has 0 aliphatic carbocycles. The molecular weight excluding hydrogens is 997 g/mol. The van der Waals surface area contributed by atoms with Gasteiger partial charge in [0.1, 0.15) is 13.2 Å². The highest BCUT2D eigenvalue weighted by atomic mass is 16.6. The van der Waals surface area contributed by atoms with Gasteiger partial charge in [0.2, 0.25) is 0 Å². The Bertz CT molecular complexity index is 1620. The fourth-order valence-corrected chi connectivity index (χ4v) is 9.59. The minimum Gasteiger partial charge on any atom is -0.462 e. The van der Waals surface area contributed by atoms with Crippen molar-refractivity contribution >= 4 is 17.9 Å². The Kier molecular flexibility index (Phi) is 65.2. The van der Waals surface area contributed by atoms with Crippen LogP contribution in [-0.2, 0) is 28.6 Å². The van der Waals surface area contributed by atoms with Gasteiger partial charge in [0.25, 0.3) is 0 Å². The Morgan fingerprint density at radius 3 is 0.778 bits per heavy atom. The van der Waals surface area contributed by atoms with Crippen LogP contribution < -0.4 is 0 Å². The summed E-state index contributed by atoms with van der Waals surface area (Å²) in [6, 6.07) is 0. The summed E-state index contributed by atoms with van der Waals surface area (Å²) in [6.07, 6.45) is 93.9. The van der Waals surface area contributed by atoms with E-state index in [0.29, 0.717) is 19.3 Å². The van der Waals surface area contributed by atoms with Gasteiger partial charge in [-0.25, -0.2) is 0 Å². The summed E-state index contributed by atoms with van der Waals surface area (Å²) in [4.78, 5) is 38.3. The van der Waals surface area contributed by atoms with Gasteiger partial charge in [0, 0.05) is 19.3 Å². The second-order valence-corrected chi connectivity index (χ2v) is 22.7. The van der Waals surface area contributed by atoms with E-state index in [2.05, 4.69) is 130 Å². The molecule has 464 valence electrons. The zero-order chi connectivity index (χ0) is 58.5. The van der Waals surface area contributed by atoms with Crippen molar-refractivity contribution in [1.29, 1.82) is 0 Å². The van der Waals surface area contributed by atoms with Gasteiger partial charge in [0.05, 0.1) is 0 Å². The molecule has 0 rings (SSSR count). The molecule has 0 spiro atoms. The van der Waals surface area contributed by atoms with E-state index in [1.165, 1.54) is 161 Å². The zero-order valence-electron chi connectivity index (χ0n) is 53.3. The van der Waals surface area contributed by atoms with Gasteiger partial charge < -0.3 is 14.2 Å². The van der Waals surface area contributed by atoms with Crippen molar-refractivity contribution in [3.8, 4) is 0 Å². The summed E-state index contributed by atoms with van der Waals surface area (Å²) in [5.74, 6) is -0.897. The highest BCUT2D eigenvalue weighted by molar-refractivity contribution is 5.71. The van der Waals surface area contributed by atoms with Crippen LogP contribution in [0.1, 0.15) is 329 Å². The van der Waals surface area contributed by atoms with Gasteiger partial charge in [0.15, 0.2) is 6.10 Å². The summed E-state index contributed by atoms with van der Waals surface area (Å²) in [5.41, 5.74) is 0. The predicted octanol–water partition coefficient (Wildman–Crippen LogP) is 23.8. The van der Waals surface area contributed by atoms with Crippen LogP contribution in [0.3, 0.4) is 0 Å². The summed E-state index contributed by atoms with van der Waals surface area (Å²) >= 11 is 0. The van der Waals surface area contributed by atoms with Crippen LogP contribution in [0.4, 0.5) is 0 Å². The molecule has 0 fully saturated rings. The number of esters is 3. The molecule has 0 aliphatic heterocycles. The van der Waals surface area contributed by atoms with Crippen molar-refractivity contribution < 1.29 is 28.6 Å². The molecule has 1 atom stereocenters. The Labute approximate surface area is 501 Å². The summed E-state index contributed by atoms with van der Waals surface area (Å²) in [7, 11) is 0. The molecule has 0 saturated heterocycles. The normalized spacial score (nSPS) is 12.8. The number of rotatable bonds is 62. The third-order valence-electron chi connectivity index (χ3n) is 14.7. The molecule has 0 amide bonds. The zero-order valence-corrected chi connectivity index (χ0v) is 53.3. The van der Waals surface area contributed by atoms with Crippen molar-refractivity contribution in [2.24, 2.45) is 0 Å². The van der Waals surface area contributed by atoms with E-state index >= 15 is 0 Å². The minimum absolute atomic E-state index is 0.0848. The average molecular weight is 1130 g/mol. The Morgan fingerprint density at radius 1 is 0.259 bits per heavy atom.